The van der Waals surface area contributed by atoms with Crippen molar-refractivity contribution in [3.8, 4) is 6.07 Å². The SMILES string of the molecule is N#Cc1nc(C(=O)Nc2ccc(F)c(CNc3cccnc3N)c2)co1. The Morgan fingerprint density at radius 2 is 2.23 bits per heavy atom. The van der Waals surface area contributed by atoms with Crippen molar-refractivity contribution in [3.63, 3.8) is 0 Å². The first-order chi connectivity index (χ1) is 12.6. The molecule has 130 valence electrons. The number of nitrogens with two attached hydrogens (primary N) is 1. The van der Waals surface area contributed by atoms with Crippen molar-refractivity contribution in [2.45, 2.75) is 6.54 Å². The number of pyridine rings is 1. The van der Waals surface area contributed by atoms with Crippen LogP contribution in [-0.4, -0.2) is 15.9 Å². The van der Waals surface area contributed by atoms with Gasteiger partial charge in [0.05, 0.1) is 5.69 Å². The molecule has 8 nitrogen and oxygen atoms in total. The molecule has 0 radical (unpaired) electrons. The van der Waals surface area contributed by atoms with Crippen molar-refractivity contribution >= 4 is 23.1 Å². The summed E-state index contributed by atoms with van der Waals surface area (Å²) in [5.41, 5.74) is 6.96. The molecule has 0 aliphatic heterocycles. The summed E-state index contributed by atoms with van der Waals surface area (Å²) < 4.78 is 18.8. The summed E-state index contributed by atoms with van der Waals surface area (Å²) >= 11 is 0. The highest BCUT2D eigenvalue weighted by Gasteiger charge is 2.13. The van der Waals surface area contributed by atoms with E-state index in [0.717, 1.165) is 6.26 Å². The molecule has 1 aromatic carbocycles. The number of oxazole rings is 1. The van der Waals surface area contributed by atoms with Crippen molar-refractivity contribution in [1.29, 1.82) is 5.26 Å². The Labute approximate surface area is 147 Å². The van der Waals surface area contributed by atoms with E-state index in [1.165, 1.54) is 18.2 Å². The molecule has 2 aromatic heterocycles. The molecule has 0 aliphatic carbocycles. The van der Waals surface area contributed by atoms with Gasteiger partial charge in [-0.25, -0.2) is 9.37 Å². The van der Waals surface area contributed by atoms with Crippen molar-refractivity contribution in [3.05, 3.63) is 65.8 Å². The second kappa shape index (κ2) is 7.31. The number of aromatic nitrogens is 2. The summed E-state index contributed by atoms with van der Waals surface area (Å²) in [7, 11) is 0. The van der Waals surface area contributed by atoms with Crippen LogP contribution < -0.4 is 16.4 Å². The molecule has 26 heavy (non-hydrogen) atoms. The van der Waals surface area contributed by atoms with Gasteiger partial charge in [0.1, 0.15) is 17.9 Å². The molecule has 9 heteroatoms. The van der Waals surface area contributed by atoms with E-state index in [1.54, 1.807) is 24.4 Å². The van der Waals surface area contributed by atoms with Crippen molar-refractivity contribution in [2.75, 3.05) is 16.4 Å². The third-order valence-electron chi connectivity index (χ3n) is 3.44. The first-order valence-electron chi connectivity index (χ1n) is 7.46. The molecule has 2 heterocycles. The molecule has 0 fully saturated rings. The van der Waals surface area contributed by atoms with Crippen LogP contribution in [0.4, 0.5) is 21.6 Å². The zero-order valence-electron chi connectivity index (χ0n) is 13.4. The lowest BCUT2D eigenvalue weighted by Gasteiger charge is -2.11. The van der Waals surface area contributed by atoms with E-state index >= 15 is 0 Å². The third kappa shape index (κ3) is 3.76. The first kappa shape index (κ1) is 16.9. The quantitative estimate of drug-likeness (QED) is 0.643. The Bertz CT molecular complexity index is 995. The van der Waals surface area contributed by atoms with E-state index in [4.69, 9.17) is 15.4 Å². The summed E-state index contributed by atoms with van der Waals surface area (Å²) in [6.07, 6.45) is 2.63. The first-order valence-corrected chi connectivity index (χ1v) is 7.46. The number of amides is 1. The largest absolute Gasteiger partial charge is 0.436 e. The van der Waals surface area contributed by atoms with Crippen molar-refractivity contribution < 1.29 is 13.6 Å². The number of anilines is 3. The van der Waals surface area contributed by atoms with E-state index in [-0.39, 0.29) is 18.1 Å². The molecule has 0 atom stereocenters. The van der Waals surface area contributed by atoms with Crippen LogP contribution in [0.3, 0.4) is 0 Å². The monoisotopic (exact) mass is 352 g/mol. The lowest BCUT2D eigenvalue weighted by Crippen LogP contribution is -2.13. The van der Waals surface area contributed by atoms with Crippen LogP contribution in [0.2, 0.25) is 0 Å². The minimum Gasteiger partial charge on any atom is -0.436 e. The molecule has 3 aromatic rings. The maximum absolute atomic E-state index is 14.0. The smallest absolute Gasteiger partial charge is 0.301 e. The zero-order chi connectivity index (χ0) is 18.5. The normalized spacial score (nSPS) is 10.2. The molecule has 0 spiro atoms. The fourth-order valence-electron chi connectivity index (χ4n) is 2.17. The Kier molecular flexibility index (Phi) is 4.76. The number of nitrogen functional groups attached to an aromatic ring is 1. The highest BCUT2D eigenvalue weighted by molar-refractivity contribution is 6.02. The molecule has 0 saturated carbocycles. The fourth-order valence-corrected chi connectivity index (χ4v) is 2.17. The van der Waals surface area contributed by atoms with E-state index in [9.17, 15) is 9.18 Å². The molecule has 0 saturated heterocycles. The number of nitrogens with zero attached hydrogens (tertiary/aromatic N) is 3. The van der Waals surface area contributed by atoms with Gasteiger partial charge in [0, 0.05) is 24.0 Å². The van der Waals surface area contributed by atoms with Gasteiger partial charge in [-0.3, -0.25) is 4.79 Å². The summed E-state index contributed by atoms with van der Waals surface area (Å²) in [5, 5.41) is 14.2. The number of carbonyl (C=O) groups is 1. The van der Waals surface area contributed by atoms with Gasteiger partial charge in [0.15, 0.2) is 11.8 Å². The summed E-state index contributed by atoms with van der Waals surface area (Å²) in [4.78, 5) is 19.7. The van der Waals surface area contributed by atoms with Gasteiger partial charge in [-0.05, 0) is 30.3 Å². The maximum atomic E-state index is 14.0. The standard InChI is InChI=1S/C17H13FN6O2/c18-12-4-3-11(23-17(25)14-9-26-15(7-19)24-14)6-10(12)8-22-13-2-1-5-21-16(13)20/h1-6,9,22H,8H2,(H2,20,21)(H,23,25). The van der Waals surface area contributed by atoms with Crippen LogP contribution >= 0.6 is 0 Å². The molecule has 3 rings (SSSR count). The maximum Gasteiger partial charge on any atom is 0.301 e. The summed E-state index contributed by atoms with van der Waals surface area (Å²) in [5.74, 6) is -0.923. The van der Waals surface area contributed by atoms with Gasteiger partial charge >= 0.3 is 5.89 Å². The summed E-state index contributed by atoms with van der Waals surface area (Å²) in [6.45, 7) is 0.147. The Hall–Kier alpha value is -3.93. The molecular formula is C17H13FN6O2. The average Bonchev–Trinajstić information content (AvgIpc) is 3.13. The molecular weight excluding hydrogens is 339 g/mol. The fraction of sp³-hybridized carbons (Fsp3) is 0.0588. The number of benzene rings is 1. The van der Waals surface area contributed by atoms with Crippen LogP contribution in [0.5, 0.6) is 0 Å². The number of halogens is 1. The van der Waals surface area contributed by atoms with Crippen LogP contribution in [-0.2, 0) is 6.54 Å². The van der Waals surface area contributed by atoms with Gasteiger partial charge < -0.3 is 20.8 Å². The number of carbonyl (C=O) groups excluding carboxylic acids is 1. The lowest BCUT2D eigenvalue weighted by atomic mass is 10.1. The second-order valence-corrected chi connectivity index (χ2v) is 5.20. The van der Waals surface area contributed by atoms with Gasteiger partial charge in [0.2, 0.25) is 0 Å². The zero-order valence-corrected chi connectivity index (χ0v) is 13.4. The minimum absolute atomic E-state index is 0.0475. The molecule has 0 bridgehead atoms. The Morgan fingerprint density at radius 3 is 2.96 bits per heavy atom. The topological polar surface area (TPSA) is 130 Å². The number of nitriles is 1. The lowest BCUT2D eigenvalue weighted by molar-refractivity contribution is 0.102. The summed E-state index contributed by atoms with van der Waals surface area (Å²) in [6, 6.07) is 9.26. The van der Waals surface area contributed by atoms with Crippen molar-refractivity contribution in [2.24, 2.45) is 0 Å². The van der Waals surface area contributed by atoms with Crippen molar-refractivity contribution in [1.82, 2.24) is 9.97 Å². The molecule has 0 aliphatic rings. The van der Waals surface area contributed by atoms with E-state index in [2.05, 4.69) is 20.6 Å². The number of nitrogens with one attached hydrogen (secondary N) is 2. The predicted octanol–water partition coefficient (Wildman–Crippen LogP) is 2.53. The Balaban J connectivity index is 1.72. The Morgan fingerprint density at radius 1 is 1.38 bits per heavy atom. The van der Waals surface area contributed by atoms with Gasteiger partial charge in [-0.15, -0.1) is 0 Å². The molecule has 4 N–H and O–H groups in total. The van der Waals surface area contributed by atoms with E-state index in [0.29, 0.717) is 22.8 Å². The third-order valence-corrected chi connectivity index (χ3v) is 3.44. The second-order valence-electron chi connectivity index (χ2n) is 5.20. The van der Waals surface area contributed by atoms with Gasteiger partial charge in [-0.2, -0.15) is 10.2 Å². The number of rotatable bonds is 5. The average molecular weight is 352 g/mol. The van der Waals surface area contributed by atoms with Gasteiger partial charge in [-0.1, -0.05) is 0 Å². The van der Waals surface area contributed by atoms with Crippen LogP contribution in [0.1, 0.15) is 21.9 Å². The highest BCUT2D eigenvalue weighted by Crippen LogP contribution is 2.19. The number of hydrogen-bond acceptors (Lipinski definition) is 7. The minimum atomic E-state index is -0.572. The predicted molar refractivity (Wildman–Crippen MR) is 91.5 cm³/mol. The molecule has 0 unspecified atom stereocenters. The van der Waals surface area contributed by atoms with E-state index in [1.807, 2.05) is 0 Å². The van der Waals surface area contributed by atoms with Crippen LogP contribution in [0.25, 0.3) is 0 Å². The molecule has 1 amide bonds. The highest BCUT2D eigenvalue weighted by atomic mass is 19.1. The van der Waals surface area contributed by atoms with Crippen LogP contribution in [0.15, 0.2) is 47.2 Å². The number of hydrogen-bond donors (Lipinski definition) is 3. The van der Waals surface area contributed by atoms with E-state index < -0.39 is 11.7 Å². The van der Waals surface area contributed by atoms with Crippen LogP contribution in [0, 0.1) is 17.1 Å². The van der Waals surface area contributed by atoms with Gasteiger partial charge in [0.25, 0.3) is 5.91 Å².